The third-order valence-electron chi connectivity index (χ3n) is 6.12. The third kappa shape index (κ3) is 4.31. The summed E-state index contributed by atoms with van der Waals surface area (Å²) in [6, 6.07) is 13.8. The van der Waals surface area contributed by atoms with Crippen molar-refractivity contribution in [3.8, 4) is 16.9 Å². The van der Waals surface area contributed by atoms with E-state index in [1.54, 1.807) is 12.1 Å². The van der Waals surface area contributed by atoms with Crippen molar-refractivity contribution in [1.29, 1.82) is 0 Å². The Kier molecular flexibility index (Phi) is 6.32. The highest BCUT2D eigenvalue weighted by Crippen LogP contribution is 2.43. The Bertz CT molecular complexity index is 1330. The van der Waals surface area contributed by atoms with E-state index in [-0.39, 0.29) is 21.9 Å². The fraction of sp³-hybridized carbons (Fsp3) is 0.192. The SMILES string of the molecule is COc1c(F)cc(C(O)=C2C(=O)Nc3cc(Cl)c(-c4ccc(N5CCOCC5)cc4)cc32)cc1Cl. The number of hydrogen-bond donors (Lipinski definition) is 2. The largest absolute Gasteiger partial charge is 0.506 e. The fourth-order valence-corrected chi connectivity index (χ4v) is 4.91. The lowest BCUT2D eigenvalue weighted by Gasteiger charge is -2.29. The first-order valence-corrected chi connectivity index (χ1v) is 11.7. The van der Waals surface area contributed by atoms with Crippen molar-refractivity contribution in [1.82, 2.24) is 0 Å². The van der Waals surface area contributed by atoms with Gasteiger partial charge in [-0.2, -0.15) is 0 Å². The lowest BCUT2D eigenvalue weighted by Crippen LogP contribution is -2.36. The van der Waals surface area contributed by atoms with Gasteiger partial charge in [-0.25, -0.2) is 4.39 Å². The molecule has 0 aromatic heterocycles. The normalized spacial score (nSPS) is 16.7. The summed E-state index contributed by atoms with van der Waals surface area (Å²) in [4.78, 5) is 15.0. The maximum Gasteiger partial charge on any atom is 0.260 e. The van der Waals surface area contributed by atoms with E-state index < -0.39 is 17.5 Å². The molecule has 35 heavy (non-hydrogen) atoms. The molecular weight excluding hydrogens is 494 g/mol. The quantitative estimate of drug-likeness (QED) is 0.329. The number of halogens is 3. The van der Waals surface area contributed by atoms with Gasteiger partial charge in [-0.3, -0.25) is 4.79 Å². The number of aliphatic hydroxyl groups excluding tert-OH is 1. The van der Waals surface area contributed by atoms with Gasteiger partial charge in [0.1, 0.15) is 5.76 Å². The molecule has 0 unspecified atom stereocenters. The highest BCUT2D eigenvalue weighted by Gasteiger charge is 2.30. The zero-order chi connectivity index (χ0) is 24.7. The topological polar surface area (TPSA) is 71.0 Å². The molecule has 2 heterocycles. The smallest absolute Gasteiger partial charge is 0.260 e. The number of fused-ring (bicyclic) bond motifs is 1. The van der Waals surface area contributed by atoms with E-state index in [2.05, 4.69) is 10.2 Å². The molecule has 3 aromatic carbocycles. The van der Waals surface area contributed by atoms with Crippen molar-refractivity contribution in [3.05, 3.63) is 75.5 Å². The van der Waals surface area contributed by atoms with Crippen LogP contribution >= 0.6 is 23.2 Å². The fourth-order valence-electron chi connectivity index (χ4n) is 4.36. The molecule has 2 aliphatic heterocycles. The van der Waals surface area contributed by atoms with Crippen LogP contribution in [0.2, 0.25) is 10.0 Å². The van der Waals surface area contributed by atoms with E-state index in [1.165, 1.54) is 13.2 Å². The number of nitrogens with one attached hydrogen (secondary N) is 1. The van der Waals surface area contributed by atoms with Gasteiger partial charge < -0.3 is 24.8 Å². The van der Waals surface area contributed by atoms with Gasteiger partial charge in [0.15, 0.2) is 11.6 Å². The molecule has 2 aliphatic rings. The average Bonchev–Trinajstić information content (AvgIpc) is 3.17. The minimum Gasteiger partial charge on any atom is -0.506 e. The molecule has 5 rings (SSSR count). The number of aliphatic hydroxyl groups is 1. The third-order valence-corrected chi connectivity index (χ3v) is 6.71. The lowest BCUT2D eigenvalue weighted by molar-refractivity contribution is -0.110. The number of anilines is 2. The van der Waals surface area contributed by atoms with Crippen LogP contribution in [-0.4, -0.2) is 44.4 Å². The van der Waals surface area contributed by atoms with Crippen molar-refractivity contribution >= 4 is 51.8 Å². The second-order valence-electron chi connectivity index (χ2n) is 8.17. The minimum absolute atomic E-state index is 0.00323. The van der Waals surface area contributed by atoms with Crippen LogP contribution < -0.4 is 15.0 Å². The number of ether oxygens (including phenoxy) is 2. The highest BCUT2D eigenvalue weighted by molar-refractivity contribution is 6.39. The number of amides is 1. The molecule has 0 atom stereocenters. The molecule has 1 saturated heterocycles. The number of hydrogen-bond acceptors (Lipinski definition) is 5. The Balaban J connectivity index is 1.55. The molecule has 3 aromatic rings. The first-order chi connectivity index (χ1) is 16.9. The number of benzene rings is 3. The van der Waals surface area contributed by atoms with Crippen LogP contribution in [0.3, 0.4) is 0 Å². The Morgan fingerprint density at radius 3 is 2.43 bits per heavy atom. The predicted octanol–water partition coefficient (Wildman–Crippen LogP) is 6.02. The summed E-state index contributed by atoms with van der Waals surface area (Å²) in [5.41, 5.74) is 3.60. The van der Waals surface area contributed by atoms with Crippen molar-refractivity contribution < 1.29 is 23.8 Å². The molecule has 1 fully saturated rings. The van der Waals surface area contributed by atoms with E-state index in [4.69, 9.17) is 32.7 Å². The Hall–Kier alpha value is -3.26. The average molecular weight is 515 g/mol. The van der Waals surface area contributed by atoms with Gasteiger partial charge >= 0.3 is 0 Å². The second-order valence-corrected chi connectivity index (χ2v) is 8.99. The number of morpholine rings is 1. The van der Waals surface area contributed by atoms with Crippen LogP contribution in [-0.2, 0) is 9.53 Å². The zero-order valence-corrected chi connectivity index (χ0v) is 20.2. The lowest BCUT2D eigenvalue weighted by atomic mass is 9.97. The standard InChI is InChI=1S/C26H21Cl2FN2O4/c1-34-25-20(28)10-15(11-21(25)29)24(32)23-18-12-17(19(27)13-22(18)30-26(23)33)14-2-4-16(5-3-14)31-6-8-35-9-7-31/h2-5,10-13,32H,6-9H2,1H3,(H,30,33). The van der Waals surface area contributed by atoms with Crippen LogP contribution in [0.4, 0.5) is 15.8 Å². The summed E-state index contributed by atoms with van der Waals surface area (Å²) in [5, 5.41) is 14.1. The molecule has 180 valence electrons. The van der Waals surface area contributed by atoms with Crippen molar-refractivity contribution in [2.75, 3.05) is 43.6 Å². The van der Waals surface area contributed by atoms with Crippen LogP contribution in [0.15, 0.2) is 48.5 Å². The van der Waals surface area contributed by atoms with Crippen LogP contribution in [0.25, 0.3) is 22.5 Å². The Morgan fingerprint density at radius 1 is 1.06 bits per heavy atom. The summed E-state index contributed by atoms with van der Waals surface area (Å²) in [7, 11) is 1.29. The van der Waals surface area contributed by atoms with E-state index in [0.29, 0.717) is 35.1 Å². The summed E-state index contributed by atoms with van der Waals surface area (Å²) >= 11 is 12.7. The van der Waals surface area contributed by atoms with Crippen molar-refractivity contribution in [2.24, 2.45) is 0 Å². The first kappa shape index (κ1) is 23.5. The molecule has 0 bridgehead atoms. The molecule has 0 saturated carbocycles. The van der Waals surface area contributed by atoms with Gasteiger partial charge in [0.2, 0.25) is 0 Å². The zero-order valence-electron chi connectivity index (χ0n) is 18.7. The Labute approximate surface area is 211 Å². The van der Waals surface area contributed by atoms with Gasteiger partial charge in [0, 0.05) is 35.5 Å². The Morgan fingerprint density at radius 2 is 1.77 bits per heavy atom. The van der Waals surface area contributed by atoms with Crippen molar-refractivity contribution in [2.45, 2.75) is 0 Å². The molecule has 9 heteroatoms. The monoisotopic (exact) mass is 514 g/mol. The second kappa shape index (κ2) is 9.41. The summed E-state index contributed by atoms with van der Waals surface area (Å²) in [6.07, 6.45) is 0. The summed E-state index contributed by atoms with van der Waals surface area (Å²) in [5.74, 6) is -1.82. The molecule has 0 spiro atoms. The van der Waals surface area contributed by atoms with Crippen LogP contribution in [0.1, 0.15) is 11.1 Å². The number of rotatable bonds is 4. The number of carbonyl (C=O) groups is 1. The number of carbonyl (C=O) groups excluding carboxylic acids is 1. The minimum atomic E-state index is -0.752. The highest BCUT2D eigenvalue weighted by atomic mass is 35.5. The maximum absolute atomic E-state index is 14.4. The molecule has 6 nitrogen and oxygen atoms in total. The van der Waals surface area contributed by atoms with Gasteiger partial charge in [0.05, 0.1) is 41.6 Å². The van der Waals surface area contributed by atoms with Gasteiger partial charge in [-0.15, -0.1) is 0 Å². The van der Waals surface area contributed by atoms with E-state index in [1.807, 2.05) is 24.3 Å². The van der Waals surface area contributed by atoms with Crippen molar-refractivity contribution in [3.63, 3.8) is 0 Å². The number of nitrogens with zero attached hydrogens (tertiary/aromatic N) is 1. The summed E-state index contributed by atoms with van der Waals surface area (Å²) in [6.45, 7) is 3.05. The molecule has 0 radical (unpaired) electrons. The predicted molar refractivity (Wildman–Crippen MR) is 136 cm³/mol. The maximum atomic E-state index is 14.4. The first-order valence-electron chi connectivity index (χ1n) is 10.9. The van der Waals surface area contributed by atoms with E-state index in [9.17, 15) is 14.3 Å². The summed E-state index contributed by atoms with van der Waals surface area (Å²) < 4.78 is 24.7. The van der Waals surface area contributed by atoms with Crippen LogP contribution in [0, 0.1) is 5.82 Å². The molecule has 1 amide bonds. The number of methoxy groups -OCH3 is 1. The van der Waals surface area contributed by atoms with Crippen LogP contribution in [0.5, 0.6) is 5.75 Å². The van der Waals surface area contributed by atoms with E-state index >= 15 is 0 Å². The molecule has 2 N–H and O–H groups in total. The van der Waals surface area contributed by atoms with Gasteiger partial charge in [0.25, 0.3) is 5.91 Å². The van der Waals surface area contributed by atoms with Gasteiger partial charge in [-0.1, -0.05) is 35.3 Å². The molecule has 0 aliphatic carbocycles. The molecular formula is C26H21Cl2FN2O4. The van der Waals surface area contributed by atoms with E-state index in [0.717, 1.165) is 30.4 Å². The van der Waals surface area contributed by atoms with Gasteiger partial charge in [-0.05, 0) is 42.0 Å².